The van der Waals surface area contributed by atoms with E-state index in [-0.39, 0.29) is 15.6 Å². The van der Waals surface area contributed by atoms with Gasteiger partial charge in [-0.15, -0.1) is 0 Å². The molecular formula is C2H8I2NPb+. The van der Waals surface area contributed by atoms with Crippen LogP contribution in [-0.4, -0.2) is 22.2 Å². The molecule has 0 aliphatic rings. The summed E-state index contributed by atoms with van der Waals surface area (Å²) in [7, 11) is 0. The third kappa shape index (κ3) is 33.0. The van der Waals surface area contributed by atoms with E-state index in [1.807, 2.05) is 6.92 Å². The molecule has 0 saturated carbocycles. The number of hydrogen-bond donors (Lipinski definition) is 1. The first-order valence-electron chi connectivity index (χ1n) is 1.59. The summed E-state index contributed by atoms with van der Waals surface area (Å²) >= 11 is 4.96. The van der Waals surface area contributed by atoms with E-state index in [2.05, 4.69) is 41.3 Å². The van der Waals surface area contributed by atoms with Gasteiger partial charge in [0, 0.05) is 0 Å². The molecule has 0 saturated heterocycles. The fourth-order valence-corrected chi connectivity index (χ4v) is 0. The molecule has 1 nitrogen and oxygen atoms in total. The van der Waals surface area contributed by atoms with Crippen LogP contribution in [0.4, 0.5) is 0 Å². The van der Waals surface area contributed by atoms with Crippen LogP contribution in [0.1, 0.15) is 6.92 Å². The van der Waals surface area contributed by atoms with Crippen molar-refractivity contribution in [1.29, 1.82) is 0 Å². The van der Waals surface area contributed by atoms with Crippen LogP contribution in [0.15, 0.2) is 0 Å². The Morgan fingerprint density at radius 2 is 1.67 bits per heavy atom. The molecule has 0 bridgehead atoms. The van der Waals surface area contributed by atoms with E-state index in [9.17, 15) is 0 Å². The second-order valence-corrected chi connectivity index (χ2v) is 28.7. The molecule has 0 unspecified atom stereocenters. The molecule has 0 amide bonds. The molecule has 0 atom stereocenters. The topological polar surface area (TPSA) is 27.6 Å². The van der Waals surface area contributed by atoms with Crippen LogP contribution in [0.2, 0.25) is 0 Å². The van der Waals surface area contributed by atoms with Crippen LogP contribution in [0.5, 0.6) is 0 Å². The molecule has 0 aromatic heterocycles. The Morgan fingerprint density at radius 1 is 1.67 bits per heavy atom. The van der Waals surface area contributed by atoms with Crippen LogP contribution >= 0.6 is 35.5 Å². The Hall–Kier alpha value is 2.34. The van der Waals surface area contributed by atoms with E-state index in [1.165, 1.54) is 0 Å². The third-order valence-electron chi connectivity index (χ3n) is 0. The predicted molar refractivity (Wildman–Crippen MR) is 47.2 cm³/mol. The molecule has 6 heavy (non-hydrogen) atoms. The number of quaternary nitrogens is 1. The molecule has 38 valence electrons. The van der Waals surface area contributed by atoms with Crippen LogP contribution < -0.4 is 5.73 Å². The van der Waals surface area contributed by atoms with Crippen LogP contribution in [0, 0.1) is 0 Å². The van der Waals surface area contributed by atoms with Crippen LogP contribution in [-0.2, 0) is 0 Å². The minimum absolute atomic E-state index is 0.0233. The maximum atomic E-state index is 3.49. The van der Waals surface area contributed by atoms with Crippen molar-refractivity contribution in [2.75, 3.05) is 6.54 Å². The summed E-state index contributed by atoms with van der Waals surface area (Å²) in [6.07, 6.45) is 0. The minimum atomic E-state index is 0.0233. The van der Waals surface area contributed by atoms with Crippen molar-refractivity contribution in [3.63, 3.8) is 0 Å². The van der Waals surface area contributed by atoms with E-state index in [0.29, 0.717) is 0 Å². The van der Waals surface area contributed by atoms with Crippen LogP contribution in [0.3, 0.4) is 0 Å². The van der Waals surface area contributed by atoms with Crippen molar-refractivity contribution in [1.82, 2.24) is 0 Å². The Morgan fingerprint density at radius 3 is 1.67 bits per heavy atom. The van der Waals surface area contributed by atoms with Gasteiger partial charge in [-0.2, -0.15) is 0 Å². The van der Waals surface area contributed by atoms with E-state index in [0.717, 1.165) is 6.54 Å². The molecule has 0 aromatic rings. The van der Waals surface area contributed by atoms with E-state index < -0.39 is 0 Å². The average Bonchev–Trinajstić information content (AvgIpc) is 1.39. The number of rotatable bonds is 0. The number of halogens is 2. The monoisotopic (exact) mass is 508 g/mol. The van der Waals surface area contributed by atoms with Crippen molar-refractivity contribution in [2.24, 2.45) is 0 Å². The van der Waals surface area contributed by atoms with Gasteiger partial charge < -0.3 is 5.73 Å². The van der Waals surface area contributed by atoms with Gasteiger partial charge in [0.15, 0.2) is 0 Å². The summed E-state index contributed by atoms with van der Waals surface area (Å²) < 4.78 is 0. The van der Waals surface area contributed by atoms with Gasteiger partial charge in [-0.1, -0.05) is 0 Å². The normalized spacial score (nSPS) is 6.00. The van der Waals surface area contributed by atoms with Gasteiger partial charge in [-0.25, -0.2) is 0 Å². The van der Waals surface area contributed by atoms with E-state index in [4.69, 9.17) is 0 Å². The summed E-state index contributed by atoms with van der Waals surface area (Å²) in [5, 5.41) is 0. The van der Waals surface area contributed by atoms with E-state index >= 15 is 0 Å². The Balaban J connectivity index is 0. The zero-order chi connectivity index (χ0) is 5.41. The van der Waals surface area contributed by atoms with Gasteiger partial charge in [0.25, 0.3) is 0 Å². The van der Waals surface area contributed by atoms with E-state index in [1.54, 1.807) is 0 Å². The maximum absolute atomic E-state index is 3.49. The molecule has 0 aliphatic heterocycles. The van der Waals surface area contributed by atoms with Gasteiger partial charge in [0.2, 0.25) is 0 Å². The summed E-state index contributed by atoms with van der Waals surface area (Å²) in [6.45, 7) is 3.01. The molecular weight excluding hydrogens is 499 g/mol. The van der Waals surface area contributed by atoms with Crippen molar-refractivity contribution in [2.45, 2.75) is 6.92 Å². The zero-order valence-electron chi connectivity index (χ0n) is 3.67. The average molecular weight is 507 g/mol. The van der Waals surface area contributed by atoms with Gasteiger partial charge in [0.1, 0.15) is 0 Å². The molecule has 2 radical (unpaired) electrons. The fourth-order valence-electron chi connectivity index (χ4n) is 0. The van der Waals surface area contributed by atoms with Gasteiger partial charge in [-0.05, 0) is 6.92 Å². The molecule has 0 aromatic carbocycles. The fraction of sp³-hybridized carbons (Fsp3) is 1.00. The van der Waals surface area contributed by atoms with Gasteiger partial charge >= 0.3 is 51.2 Å². The third-order valence-corrected chi connectivity index (χ3v) is 0. The quantitative estimate of drug-likeness (QED) is 0.369. The SMILES string of the molecule is CC[NH3+].[I][Pb][I]. The molecule has 0 spiro atoms. The molecule has 3 N–H and O–H groups in total. The number of hydrogen-bond acceptors (Lipinski definition) is 0. The summed E-state index contributed by atoms with van der Waals surface area (Å²) in [6, 6.07) is 0. The molecule has 0 aliphatic carbocycles. The van der Waals surface area contributed by atoms with Gasteiger partial charge in [0.05, 0.1) is 6.54 Å². The zero-order valence-corrected chi connectivity index (χ0v) is 11.9. The summed E-state index contributed by atoms with van der Waals surface area (Å²) in [5.41, 5.74) is 3.49. The Kier molecular flexibility index (Phi) is 29.2. The first-order chi connectivity index (χ1) is 2.83. The van der Waals surface area contributed by atoms with Crippen molar-refractivity contribution in [3.05, 3.63) is 0 Å². The van der Waals surface area contributed by atoms with Crippen LogP contribution in [0.25, 0.3) is 0 Å². The second-order valence-electron chi connectivity index (χ2n) is 0.571. The Bertz CT molecular complexity index is 13.5. The Labute approximate surface area is 68.9 Å². The molecule has 0 heterocycles. The first-order valence-corrected chi connectivity index (χ1v) is 23.5. The standard InChI is InChI=1S/C2H7N.2HI.Pb/c1-2-3;;;/h2-3H2,1H3;2*1H;/q;;;+2/p-1. The molecule has 0 fully saturated rings. The van der Waals surface area contributed by atoms with Gasteiger partial charge in [-0.3, -0.25) is 0 Å². The molecule has 0 rings (SSSR count). The summed E-state index contributed by atoms with van der Waals surface area (Å²) in [4.78, 5) is 0. The predicted octanol–water partition coefficient (Wildman–Crippen LogP) is 0.639. The van der Waals surface area contributed by atoms with Crippen molar-refractivity contribution >= 4 is 51.2 Å². The van der Waals surface area contributed by atoms with Crippen molar-refractivity contribution < 1.29 is 5.73 Å². The van der Waals surface area contributed by atoms with Crippen molar-refractivity contribution in [3.8, 4) is 0 Å². The second kappa shape index (κ2) is 15.7. The molecule has 4 heteroatoms. The summed E-state index contributed by atoms with van der Waals surface area (Å²) in [5.74, 6) is 0. The first kappa shape index (κ1) is 11.2.